The second kappa shape index (κ2) is 3.74. The SMILES string of the molecule is CCN1CC(C(C)O)c2cc(O)ccc21. The fourth-order valence-electron chi connectivity index (χ4n) is 2.27. The lowest BCUT2D eigenvalue weighted by Gasteiger charge is -2.17. The molecule has 2 atom stereocenters. The minimum Gasteiger partial charge on any atom is -0.508 e. The lowest BCUT2D eigenvalue weighted by atomic mass is 9.96. The Morgan fingerprint density at radius 2 is 2.27 bits per heavy atom. The molecule has 0 spiro atoms. The van der Waals surface area contributed by atoms with Crippen molar-refractivity contribution < 1.29 is 10.2 Å². The van der Waals surface area contributed by atoms with Crippen LogP contribution in [0.3, 0.4) is 0 Å². The van der Waals surface area contributed by atoms with Gasteiger partial charge in [-0.1, -0.05) is 0 Å². The summed E-state index contributed by atoms with van der Waals surface area (Å²) >= 11 is 0. The molecule has 0 saturated carbocycles. The molecule has 82 valence electrons. The Balaban J connectivity index is 2.43. The number of likely N-dealkylation sites (N-methyl/N-ethyl adjacent to an activating group) is 1. The number of aliphatic hydroxyl groups is 1. The monoisotopic (exact) mass is 207 g/mol. The third-order valence-electron chi connectivity index (χ3n) is 3.13. The zero-order chi connectivity index (χ0) is 11.0. The van der Waals surface area contributed by atoms with E-state index < -0.39 is 0 Å². The number of aliphatic hydroxyl groups excluding tert-OH is 1. The van der Waals surface area contributed by atoms with Gasteiger partial charge >= 0.3 is 0 Å². The predicted octanol–water partition coefficient (Wildman–Crippen LogP) is 1.70. The molecule has 3 heteroatoms. The first-order valence-electron chi connectivity index (χ1n) is 5.39. The smallest absolute Gasteiger partial charge is 0.116 e. The third kappa shape index (κ3) is 1.67. The van der Waals surface area contributed by atoms with Crippen molar-refractivity contribution in [1.29, 1.82) is 0 Å². The van der Waals surface area contributed by atoms with Crippen LogP contribution in [0.4, 0.5) is 5.69 Å². The normalized spacial score (nSPS) is 21.5. The Bertz CT molecular complexity index is 363. The van der Waals surface area contributed by atoms with Gasteiger partial charge in [0.25, 0.3) is 0 Å². The number of phenolic OH excluding ortho intramolecular Hbond substituents is 1. The van der Waals surface area contributed by atoms with Crippen molar-refractivity contribution in [3.63, 3.8) is 0 Å². The van der Waals surface area contributed by atoms with Crippen LogP contribution in [-0.2, 0) is 0 Å². The van der Waals surface area contributed by atoms with Gasteiger partial charge in [-0.2, -0.15) is 0 Å². The summed E-state index contributed by atoms with van der Waals surface area (Å²) in [6.07, 6.45) is -0.373. The topological polar surface area (TPSA) is 43.7 Å². The average molecular weight is 207 g/mol. The maximum absolute atomic E-state index is 9.69. The molecule has 0 radical (unpaired) electrons. The number of rotatable bonds is 2. The Morgan fingerprint density at radius 3 is 2.87 bits per heavy atom. The molecule has 0 saturated heterocycles. The van der Waals surface area contributed by atoms with E-state index in [2.05, 4.69) is 11.8 Å². The first kappa shape index (κ1) is 10.3. The largest absolute Gasteiger partial charge is 0.508 e. The fourth-order valence-corrected chi connectivity index (χ4v) is 2.27. The number of aromatic hydroxyl groups is 1. The highest BCUT2D eigenvalue weighted by atomic mass is 16.3. The van der Waals surface area contributed by atoms with Crippen molar-refractivity contribution in [2.75, 3.05) is 18.0 Å². The summed E-state index contributed by atoms with van der Waals surface area (Å²) in [6, 6.07) is 5.39. The summed E-state index contributed by atoms with van der Waals surface area (Å²) in [5, 5.41) is 19.1. The highest BCUT2D eigenvalue weighted by Gasteiger charge is 2.30. The summed E-state index contributed by atoms with van der Waals surface area (Å²) in [5.74, 6) is 0.393. The van der Waals surface area contributed by atoms with Gasteiger partial charge in [-0.15, -0.1) is 0 Å². The van der Waals surface area contributed by atoms with E-state index in [0.29, 0.717) is 0 Å². The molecular weight excluding hydrogens is 190 g/mol. The summed E-state index contributed by atoms with van der Waals surface area (Å²) in [6.45, 7) is 5.67. The number of nitrogens with zero attached hydrogens (tertiary/aromatic N) is 1. The minimum atomic E-state index is -0.373. The summed E-state index contributed by atoms with van der Waals surface area (Å²) in [4.78, 5) is 2.23. The van der Waals surface area contributed by atoms with Gasteiger partial charge in [0.1, 0.15) is 5.75 Å². The summed E-state index contributed by atoms with van der Waals surface area (Å²) in [7, 11) is 0. The van der Waals surface area contributed by atoms with E-state index in [1.54, 1.807) is 19.1 Å². The van der Waals surface area contributed by atoms with Crippen LogP contribution in [0.5, 0.6) is 5.75 Å². The highest BCUT2D eigenvalue weighted by molar-refractivity contribution is 5.62. The Kier molecular flexibility index (Phi) is 2.57. The molecular formula is C12H17NO2. The first-order valence-corrected chi connectivity index (χ1v) is 5.39. The molecule has 0 aromatic heterocycles. The van der Waals surface area contributed by atoms with Crippen LogP contribution >= 0.6 is 0 Å². The molecule has 1 aromatic rings. The lowest BCUT2D eigenvalue weighted by Crippen LogP contribution is -2.25. The summed E-state index contributed by atoms with van der Waals surface area (Å²) < 4.78 is 0. The van der Waals surface area contributed by atoms with Crippen molar-refractivity contribution >= 4 is 5.69 Å². The molecule has 0 bridgehead atoms. The van der Waals surface area contributed by atoms with Gasteiger partial charge in [-0.3, -0.25) is 0 Å². The molecule has 3 nitrogen and oxygen atoms in total. The molecule has 1 heterocycles. The second-order valence-electron chi connectivity index (χ2n) is 4.13. The van der Waals surface area contributed by atoms with Gasteiger partial charge in [0.05, 0.1) is 6.10 Å². The number of hydrogen-bond acceptors (Lipinski definition) is 3. The number of hydrogen-bond donors (Lipinski definition) is 2. The van der Waals surface area contributed by atoms with Crippen molar-refractivity contribution in [3.8, 4) is 5.75 Å². The van der Waals surface area contributed by atoms with Crippen LogP contribution in [0.2, 0.25) is 0 Å². The van der Waals surface area contributed by atoms with Crippen LogP contribution in [0.25, 0.3) is 0 Å². The second-order valence-corrected chi connectivity index (χ2v) is 4.13. The van der Waals surface area contributed by atoms with E-state index in [1.807, 2.05) is 6.07 Å². The molecule has 1 aliphatic rings. The Labute approximate surface area is 90.0 Å². The van der Waals surface area contributed by atoms with Crippen molar-refractivity contribution in [3.05, 3.63) is 23.8 Å². The van der Waals surface area contributed by atoms with Gasteiger partial charge in [0.15, 0.2) is 0 Å². The Hall–Kier alpha value is -1.22. The van der Waals surface area contributed by atoms with Crippen molar-refractivity contribution in [2.24, 2.45) is 0 Å². The van der Waals surface area contributed by atoms with E-state index >= 15 is 0 Å². The molecule has 2 rings (SSSR count). The van der Waals surface area contributed by atoms with E-state index in [0.717, 1.165) is 24.3 Å². The van der Waals surface area contributed by atoms with E-state index in [9.17, 15) is 10.2 Å². The maximum atomic E-state index is 9.69. The van der Waals surface area contributed by atoms with Crippen LogP contribution in [-0.4, -0.2) is 29.4 Å². The molecule has 2 unspecified atom stereocenters. The van der Waals surface area contributed by atoms with Gasteiger partial charge < -0.3 is 15.1 Å². The Morgan fingerprint density at radius 1 is 1.53 bits per heavy atom. The zero-order valence-electron chi connectivity index (χ0n) is 9.14. The average Bonchev–Trinajstić information content (AvgIpc) is 2.55. The number of benzene rings is 1. The number of anilines is 1. The van der Waals surface area contributed by atoms with Crippen LogP contribution in [0, 0.1) is 0 Å². The van der Waals surface area contributed by atoms with Gasteiger partial charge in [0, 0.05) is 24.7 Å². The highest BCUT2D eigenvalue weighted by Crippen LogP contribution is 2.39. The standard InChI is InChI=1S/C12H17NO2/c1-3-13-7-11(8(2)14)10-6-9(15)4-5-12(10)13/h4-6,8,11,14-15H,3,7H2,1-2H3. The number of fused-ring (bicyclic) bond motifs is 1. The minimum absolute atomic E-state index is 0.118. The van der Waals surface area contributed by atoms with Gasteiger partial charge in [-0.25, -0.2) is 0 Å². The number of phenols is 1. The van der Waals surface area contributed by atoms with E-state index in [1.165, 1.54) is 0 Å². The zero-order valence-corrected chi connectivity index (χ0v) is 9.14. The van der Waals surface area contributed by atoms with E-state index in [-0.39, 0.29) is 17.8 Å². The molecule has 1 aliphatic heterocycles. The first-order chi connectivity index (χ1) is 7.13. The van der Waals surface area contributed by atoms with Gasteiger partial charge in [-0.05, 0) is 37.6 Å². The maximum Gasteiger partial charge on any atom is 0.116 e. The van der Waals surface area contributed by atoms with Crippen molar-refractivity contribution in [2.45, 2.75) is 25.9 Å². The lowest BCUT2D eigenvalue weighted by molar-refractivity contribution is 0.167. The quantitative estimate of drug-likeness (QED) is 0.775. The summed E-state index contributed by atoms with van der Waals surface area (Å²) in [5.41, 5.74) is 2.20. The molecule has 15 heavy (non-hydrogen) atoms. The molecule has 0 aliphatic carbocycles. The van der Waals surface area contributed by atoms with Crippen LogP contribution < -0.4 is 4.90 Å². The fraction of sp³-hybridized carbons (Fsp3) is 0.500. The van der Waals surface area contributed by atoms with Gasteiger partial charge in [0.2, 0.25) is 0 Å². The van der Waals surface area contributed by atoms with Crippen molar-refractivity contribution in [1.82, 2.24) is 0 Å². The molecule has 1 aromatic carbocycles. The third-order valence-corrected chi connectivity index (χ3v) is 3.13. The predicted molar refractivity (Wildman–Crippen MR) is 60.4 cm³/mol. The molecule has 0 fully saturated rings. The van der Waals surface area contributed by atoms with Crippen LogP contribution in [0.15, 0.2) is 18.2 Å². The molecule has 0 amide bonds. The molecule has 2 N–H and O–H groups in total. The van der Waals surface area contributed by atoms with E-state index in [4.69, 9.17) is 0 Å². The van der Waals surface area contributed by atoms with Crippen LogP contribution in [0.1, 0.15) is 25.3 Å².